The highest BCUT2D eigenvalue weighted by Gasteiger charge is 2.09. The molecule has 114 valence electrons. The van der Waals surface area contributed by atoms with Gasteiger partial charge in [-0.05, 0) is 36.4 Å². The number of carbonyl (C=O) groups excluding carboxylic acids is 1. The predicted molar refractivity (Wildman–Crippen MR) is 89.9 cm³/mol. The van der Waals surface area contributed by atoms with Gasteiger partial charge in [-0.15, -0.1) is 0 Å². The molecule has 0 N–H and O–H groups in total. The first-order valence-corrected chi connectivity index (χ1v) is 7.53. The maximum Gasteiger partial charge on any atom is 0.279 e. The molecule has 0 aliphatic carbocycles. The number of amides is 1. The van der Waals surface area contributed by atoms with Crippen LogP contribution in [0.2, 0.25) is 10.0 Å². The van der Waals surface area contributed by atoms with Gasteiger partial charge in [0.05, 0.1) is 27.8 Å². The van der Waals surface area contributed by atoms with Crippen LogP contribution in [0.1, 0.15) is 10.4 Å². The van der Waals surface area contributed by atoms with Crippen LogP contribution in [0, 0.1) is 0 Å². The maximum atomic E-state index is 12.2. The van der Waals surface area contributed by atoms with E-state index < -0.39 is 5.91 Å². The summed E-state index contributed by atoms with van der Waals surface area (Å²) in [6.45, 7) is 0. The first-order chi connectivity index (χ1) is 11.1. The molecule has 0 saturated heterocycles. The minimum Gasteiger partial charge on any atom is -0.267 e. The topological polar surface area (TPSA) is 47.2 Å². The largest absolute Gasteiger partial charge is 0.279 e. The van der Waals surface area contributed by atoms with Crippen molar-refractivity contribution in [3.63, 3.8) is 0 Å². The standard InChI is InChI=1S/C17H11Cl2N3O/c18-12-6-7-15(16(19)10-12)17(23)21-13-8-9-22(20-11-13)14-4-2-1-3-5-14/h1-11H. The second kappa shape index (κ2) is 6.77. The van der Waals surface area contributed by atoms with Crippen LogP contribution in [0.4, 0.5) is 0 Å². The highest BCUT2D eigenvalue weighted by molar-refractivity contribution is 6.36. The number of rotatable bonds is 2. The smallest absolute Gasteiger partial charge is 0.267 e. The van der Waals surface area contributed by atoms with E-state index >= 15 is 0 Å². The monoisotopic (exact) mass is 343 g/mol. The van der Waals surface area contributed by atoms with Crippen molar-refractivity contribution in [2.24, 2.45) is 4.99 Å². The lowest BCUT2D eigenvalue weighted by Gasteiger charge is -2.03. The number of carbonyl (C=O) groups is 1. The molecule has 0 bridgehead atoms. The van der Waals surface area contributed by atoms with E-state index in [0.717, 1.165) is 5.69 Å². The van der Waals surface area contributed by atoms with E-state index in [1.807, 2.05) is 30.3 Å². The van der Waals surface area contributed by atoms with Gasteiger partial charge in [-0.1, -0.05) is 41.4 Å². The van der Waals surface area contributed by atoms with Gasteiger partial charge in [0, 0.05) is 11.2 Å². The van der Waals surface area contributed by atoms with Gasteiger partial charge in [0.2, 0.25) is 0 Å². The number of halogens is 2. The van der Waals surface area contributed by atoms with Gasteiger partial charge in [-0.3, -0.25) is 4.79 Å². The fourth-order valence-electron chi connectivity index (χ4n) is 1.99. The van der Waals surface area contributed by atoms with Gasteiger partial charge >= 0.3 is 0 Å². The zero-order valence-corrected chi connectivity index (χ0v) is 13.4. The molecule has 1 aromatic heterocycles. The summed E-state index contributed by atoms with van der Waals surface area (Å²) in [6.07, 6.45) is 3.26. The summed E-state index contributed by atoms with van der Waals surface area (Å²) in [5.41, 5.74) is 1.22. The van der Waals surface area contributed by atoms with E-state index in [-0.39, 0.29) is 5.02 Å². The van der Waals surface area contributed by atoms with Crippen LogP contribution in [0.25, 0.3) is 5.69 Å². The SMILES string of the molecule is O=C(N=c1ccn(-c2ccccc2)nc1)c1ccc(Cl)cc1Cl. The maximum absolute atomic E-state index is 12.2. The average molecular weight is 344 g/mol. The van der Waals surface area contributed by atoms with E-state index in [0.29, 0.717) is 15.9 Å². The number of benzene rings is 2. The van der Waals surface area contributed by atoms with Gasteiger partial charge in [-0.25, -0.2) is 9.67 Å². The predicted octanol–water partition coefficient (Wildman–Crippen LogP) is 3.92. The quantitative estimate of drug-likeness (QED) is 0.707. The molecule has 0 aliphatic rings. The van der Waals surface area contributed by atoms with Crippen molar-refractivity contribution in [3.05, 3.63) is 88.0 Å². The van der Waals surface area contributed by atoms with E-state index in [1.165, 1.54) is 12.3 Å². The Kier molecular flexibility index (Phi) is 4.55. The molecular formula is C17H11Cl2N3O. The van der Waals surface area contributed by atoms with Crippen LogP contribution in [-0.4, -0.2) is 15.7 Å². The molecule has 0 unspecified atom stereocenters. The Labute approximate surface area is 142 Å². The van der Waals surface area contributed by atoms with Crippen molar-refractivity contribution in [1.82, 2.24) is 9.78 Å². The fraction of sp³-hybridized carbons (Fsp3) is 0. The minimum absolute atomic E-state index is 0.273. The summed E-state index contributed by atoms with van der Waals surface area (Å²) in [7, 11) is 0. The van der Waals surface area contributed by atoms with Gasteiger partial charge in [-0.2, -0.15) is 5.10 Å². The first kappa shape index (κ1) is 15.5. The summed E-state index contributed by atoms with van der Waals surface area (Å²) in [5, 5.41) is 5.44. The Hall–Kier alpha value is -2.43. The van der Waals surface area contributed by atoms with Crippen molar-refractivity contribution in [2.45, 2.75) is 0 Å². The molecule has 3 rings (SSSR count). The van der Waals surface area contributed by atoms with Crippen LogP contribution in [-0.2, 0) is 0 Å². The number of hydrogen-bond acceptors (Lipinski definition) is 2. The van der Waals surface area contributed by atoms with Crippen molar-refractivity contribution in [3.8, 4) is 5.69 Å². The minimum atomic E-state index is -0.439. The molecule has 0 saturated carbocycles. The third-order valence-electron chi connectivity index (χ3n) is 3.11. The summed E-state index contributed by atoms with van der Waals surface area (Å²) in [4.78, 5) is 16.2. The molecule has 1 amide bonds. The van der Waals surface area contributed by atoms with Gasteiger partial charge < -0.3 is 0 Å². The molecule has 0 aliphatic heterocycles. The average Bonchev–Trinajstić information content (AvgIpc) is 2.56. The van der Waals surface area contributed by atoms with E-state index in [2.05, 4.69) is 10.1 Å². The molecule has 0 atom stereocenters. The van der Waals surface area contributed by atoms with Crippen LogP contribution >= 0.6 is 23.2 Å². The van der Waals surface area contributed by atoms with Gasteiger partial charge in [0.15, 0.2) is 0 Å². The fourth-order valence-corrected chi connectivity index (χ4v) is 2.48. The Bertz CT molecular complexity index is 900. The molecule has 0 radical (unpaired) electrons. The zero-order chi connectivity index (χ0) is 16.2. The highest BCUT2D eigenvalue weighted by Crippen LogP contribution is 2.21. The van der Waals surface area contributed by atoms with Crippen LogP contribution in [0.5, 0.6) is 0 Å². The number of nitrogens with zero attached hydrogens (tertiary/aromatic N) is 3. The molecule has 3 aromatic rings. The Morgan fingerprint density at radius 3 is 2.48 bits per heavy atom. The Morgan fingerprint density at radius 2 is 1.83 bits per heavy atom. The molecular weight excluding hydrogens is 333 g/mol. The van der Waals surface area contributed by atoms with Crippen LogP contribution in [0.15, 0.2) is 72.0 Å². The second-order valence-corrected chi connectivity index (χ2v) is 5.55. The molecule has 0 spiro atoms. The van der Waals surface area contributed by atoms with Crippen molar-refractivity contribution >= 4 is 29.1 Å². The van der Waals surface area contributed by atoms with Crippen molar-refractivity contribution < 1.29 is 4.79 Å². The number of hydrogen-bond donors (Lipinski definition) is 0. The summed E-state index contributed by atoms with van der Waals surface area (Å²) in [6, 6.07) is 16.0. The number of para-hydroxylation sites is 1. The lowest BCUT2D eigenvalue weighted by molar-refractivity contribution is 0.0998. The first-order valence-electron chi connectivity index (χ1n) is 6.78. The highest BCUT2D eigenvalue weighted by atomic mass is 35.5. The lowest BCUT2D eigenvalue weighted by Crippen LogP contribution is -2.11. The van der Waals surface area contributed by atoms with E-state index in [4.69, 9.17) is 23.2 Å². The molecule has 0 fully saturated rings. The molecule has 23 heavy (non-hydrogen) atoms. The zero-order valence-electron chi connectivity index (χ0n) is 11.9. The summed E-state index contributed by atoms with van der Waals surface area (Å²) < 4.78 is 1.69. The molecule has 2 aromatic carbocycles. The Balaban J connectivity index is 1.89. The third-order valence-corrected chi connectivity index (χ3v) is 3.66. The normalized spacial score (nSPS) is 11.5. The summed E-state index contributed by atoms with van der Waals surface area (Å²) in [5.74, 6) is -0.439. The Morgan fingerprint density at radius 1 is 1.04 bits per heavy atom. The van der Waals surface area contributed by atoms with Crippen molar-refractivity contribution in [2.75, 3.05) is 0 Å². The van der Waals surface area contributed by atoms with Gasteiger partial charge in [0.1, 0.15) is 0 Å². The van der Waals surface area contributed by atoms with Crippen LogP contribution < -0.4 is 5.36 Å². The lowest BCUT2D eigenvalue weighted by atomic mass is 10.2. The molecule has 6 heteroatoms. The van der Waals surface area contributed by atoms with E-state index in [9.17, 15) is 4.79 Å². The third kappa shape index (κ3) is 3.67. The second-order valence-electron chi connectivity index (χ2n) is 4.71. The molecule has 1 heterocycles. The van der Waals surface area contributed by atoms with Crippen molar-refractivity contribution in [1.29, 1.82) is 0 Å². The van der Waals surface area contributed by atoms with Gasteiger partial charge in [0.25, 0.3) is 5.91 Å². The summed E-state index contributed by atoms with van der Waals surface area (Å²) >= 11 is 11.8. The van der Waals surface area contributed by atoms with E-state index in [1.54, 1.807) is 29.1 Å². The van der Waals surface area contributed by atoms with Crippen LogP contribution in [0.3, 0.4) is 0 Å². The number of aromatic nitrogens is 2. The molecule has 4 nitrogen and oxygen atoms in total.